The first-order valence-electron chi connectivity index (χ1n) is 8.84. The highest BCUT2D eigenvalue weighted by Crippen LogP contribution is 2.15. The summed E-state index contributed by atoms with van der Waals surface area (Å²) in [4.78, 5) is 33.8. The summed E-state index contributed by atoms with van der Waals surface area (Å²) in [5.41, 5.74) is 0.447. The highest BCUT2D eigenvalue weighted by molar-refractivity contribution is 5.93. The number of amides is 2. The second-order valence-corrected chi connectivity index (χ2v) is 6.18. The van der Waals surface area contributed by atoms with Gasteiger partial charge in [-0.25, -0.2) is 14.8 Å². The third-order valence-corrected chi connectivity index (χ3v) is 4.26. The predicted molar refractivity (Wildman–Crippen MR) is 94.5 cm³/mol. The highest BCUT2D eigenvalue weighted by atomic mass is 16.6. The summed E-state index contributed by atoms with van der Waals surface area (Å²) in [7, 11) is 0. The van der Waals surface area contributed by atoms with E-state index in [-0.39, 0.29) is 24.1 Å². The molecule has 1 aromatic heterocycles. The summed E-state index contributed by atoms with van der Waals surface area (Å²) in [5.74, 6) is 0.332. The van der Waals surface area contributed by atoms with Crippen molar-refractivity contribution in [3.8, 4) is 0 Å². The molecule has 138 valence electrons. The molecule has 0 aromatic carbocycles. The Morgan fingerprint density at radius 2 is 1.92 bits per heavy atom. The minimum absolute atomic E-state index is 0.120. The van der Waals surface area contributed by atoms with Gasteiger partial charge < -0.3 is 20.3 Å². The van der Waals surface area contributed by atoms with Crippen LogP contribution in [-0.2, 0) is 4.74 Å². The van der Waals surface area contributed by atoms with E-state index in [9.17, 15) is 9.59 Å². The predicted octanol–water partition coefficient (Wildman–Crippen LogP) is 2.04. The summed E-state index contributed by atoms with van der Waals surface area (Å²) >= 11 is 0. The van der Waals surface area contributed by atoms with Crippen molar-refractivity contribution < 1.29 is 14.3 Å². The molecule has 1 saturated heterocycles. The maximum absolute atomic E-state index is 12.0. The van der Waals surface area contributed by atoms with Gasteiger partial charge in [-0.3, -0.25) is 4.79 Å². The minimum Gasteiger partial charge on any atom is -0.450 e. The van der Waals surface area contributed by atoms with Gasteiger partial charge in [-0.2, -0.15) is 0 Å². The van der Waals surface area contributed by atoms with Crippen LogP contribution in [0, 0.1) is 0 Å². The number of anilines is 1. The number of nitrogens with zero attached hydrogens (tertiary/aromatic N) is 3. The van der Waals surface area contributed by atoms with E-state index in [0.717, 1.165) is 19.3 Å². The number of hydrogen-bond donors (Lipinski definition) is 2. The monoisotopic (exact) mass is 349 g/mol. The van der Waals surface area contributed by atoms with Gasteiger partial charge in [-0.15, -0.1) is 0 Å². The third kappa shape index (κ3) is 5.58. The lowest BCUT2D eigenvalue weighted by Crippen LogP contribution is -2.42. The lowest BCUT2D eigenvalue weighted by atomic mass is 10.1. The van der Waals surface area contributed by atoms with Crippen molar-refractivity contribution in [2.75, 3.05) is 25.0 Å². The Balaban J connectivity index is 1.82. The van der Waals surface area contributed by atoms with Crippen LogP contribution in [0.15, 0.2) is 12.4 Å². The van der Waals surface area contributed by atoms with Crippen LogP contribution in [0.4, 0.5) is 10.7 Å². The molecule has 1 fully saturated rings. The first-order valence-corrected chi connectivity index (χ1v) is 8.84. The number of nitrogens with one attached hydrogen (secondary N) is 2. The van der Waals surface area contributed by atoms with E-state index in [2.05, 4.69) is 20.6 Å². The highest BCUT2D eigenvalue weighted by Gasteiger charge is 2.24. The van der Waals surface area contributed by atoms with Crippen molar-refractivity contribution >= 4 is 17.9 Å². The average molecular weight is 349 g/mol. The maximum atomic E-state index is 12.0. The van der Waals surface area contributed by atoms with Crippen molar-refractivity contribution in [2.24, 2.45) is 0 Å². The van der Waals surface area contributed by atoms with Gasteiger partial charge in [0.2, 0.25) is 5.95 Å². The van der Waals surface area contributed by atoms with Crippen LogP contribution < -0.4 is 10.6 Å². The van der Waals surface area contributed by atoms with E-state index < -0.39 is 0 Å². The lowest BCUT2D eigenvalue weighted by Gasteiger charge is -2.31. The van der Waals surface area contributed by atoms with E-state index in [0.29, 0.717) is 31.2 Å². The molecular weight excluding hydrogens is 322 g/mol. The topological polar surface area (TPSA) is 96.5 Å². The molecule has 8 heteroatoms. The van der Waals surface area contributed by atoms with Crippen molar-refractivity contribution in [1.29, 1.82) is 0 Å². The zero-order chi connectivity index (χ0) is 18.2. The number of ether oxygens (including phenoxy) is 1. The molecule has 0 radical (unpaired) electrons. The second kappa shape index (κ2) is 9.19. The van der Waals surface area contributed by atoms with Crippen LogP contribution in [0.2, 0.25) is 0 Å². The summed E-state index contributed by atoms with van der Waals surface area (Å²) in [6, 6.07) is 0.320. The van der Waals surface area contributed by atoms with Gasteiger partial charge >= 0.3 is 6.09 Å². The number of carbonyl (C=O) groups excluding carboxylic acids is 2. The molecule has 0 spiro atoms. The zero-order valence-electron chi connectivity index (χ0n) is 15.1. The van der Waals surface area contributed by atoms with E-state index in [4.69, 9.17) is 4.74 Å². The van der Waals surface area contributed by atoms with Gasteiger partial charge in [0, 0.05) is 37.6 Å². The van der Waals surface area contributed by atoms with Crippen LogP contribution in [0.25, 0.3) is 0 Å². The summed E-state index contributed by atoms with van der Waals surface area (Å²) in [5, 5.41) is 6.14. The van der Waals surface area contributed by atoms with Crippen molar-refractivity contribution in [1.82, 2.24) is 20.2 Å². The van der Waals surface area contributed by atoms with Crippen LogP contribution in [0.5, 0.6) is 0 Å². The molecule has 1 unspecified atom stereocenters. The van der Waals surface area contributed by atoms with Gasteiger partial charge in [0.25, 0.3) is 5.91 Å². The van der Waals surface area contributed by atoms with E-state index in [1.54, 1.807) is 11.8 Å². The molecule has 1 aliphatic rings. The van der Waals surface area contributed by atoms with Crippen LogP contribution in [0.1, 0.15) is 50.4 Å². The second-order valence-electron chi connectivity index (χ2n) is 6.18. The average Bonchev–Trinajstić information content (AvgIpc) is 2.63. The molecule has 8 nitrogen and oxygen atoms in total. The van der Waals surface area contributed by atoms with Crippen LogP contribution in [-0.4, -0.2) is 58.6 Å². The molecule has 2 heterocycles. The molecule has 25 heavy (non-hydrogen) atoms. The summed E-state index contributed by atoms with van der Waals surface area (Å²) in [6.07, 6.45) is 5.28. The molecular formula is C17H27N5O3. The molecule has 2 amide bonds. The van der Waals surface area contributed by atoms with Crippen molar-refractivity contribution in [3.63, 3.8) is 0 Å². The van der Waals surface area contributed by atoms with Gasteiger partial charge in [0.15, 0.2) is 0 Å². The standard InChI is InChI=1S/C17H27N5O3/c1-4-12(3)20-15(23)13-10-18-16(19-11-13)21-14-6-8-22(9-7-14)17(24)25-5-2/h10-12,14H,4-9H2,1-3H3,(H,20,23)(H,18,19,21). The number of rotatable bonds is 6. The number of likely N-dealkylation sites (tertiary alicyclic amines) is 1. The van der Waals surface area contributed by atoms with Crippen molar-refractivity contribution in [2.45, 2.75) is 52.1 Å². The van der Waals surface area contributed by atoms with Gasteiger partial charge in [-0.1, -0.05) is 6.92 Å². The van der Waals surface area contributed by atoms with Crippen LogP contribution >= 0.6 is 0 Å². The minimum atomic E-state index is -0.256. The largest absolute Gasteiger partial charge is 0.450 e. The molecule has 0 saturated carbocycles. The van der Waals surface area contributed by atoms with Crippen LogP contribution in [0.3, 0.4) is 0 Å². The van der Waals surface area contributed by atoms with Gasteiger partial charge in [0.05, 0.1) is 12.2 Å². The van der Waals surface area contributed by atoms with E-state index in [1.807, 2.05) is 13.8 Å². The zero-order valence-corrected chi connectivity index (χ0v) is 15.1. The molecule has 0 aliphatic carbocycles. The van der Waals surface area contributed by atoms with Gasteiger partial charge in [0.1, 0.15) is 0 Å². The fourth-order valence-corrected chi connectivity index (χ4v) is 2.53. The van der Waals surface area contributed by atoms with Gasteiger partial charge in [-0.05, 0) is 33.1 Å². The number of aromatic nitrogens is 2. The SMILES string of the molecule is CCOC(=O)N1CCC(Nc2ncc(C(=O)NC(C)CC)cn2)CC1. The molecule has 0 bridgehead atoms. The molecule has 2 rings (SSSR count). The third-order valence-electron chi connectivity index (χ3n) is 4.26. The maximum Gasteiger partial charge on any atom is 0.409 e. The number of carbonyl (C=O) groups is 2. The first-order chi connectivity index (χ1) is 12.0. The normalized spacial score (nSPS) is 16.2. The Bertz CT molecular complexity index is 570. The quantitative estimate of drug-likeness (QED) is 0.816. The van der Waals surface area contributed by atoms with E-state index in [1.165, 1.54) is 12.4 Å². The Morgan fingerprint density at radius 3 is 2.48 bits per heavy atom. The molecule has 1 aliphatic heterocycles. The summed E-state index contributed by atoms with van der Waals surface area (Å²) in [6.45, 7) is 7.45. The fraction of sp³-hybridized carbons (Fsp3) is 0.647. The number of hydrogen-bond acceptors (Lipinski definition) is 6. The lowest BCUT2D eigenvalue weighted by molar-refractivity contribution is 0.0937. The summed E-state index contributed by atoms with van der Waals surface area (Å²) < 4.78 is 5.01. The smallest absolute Gasteiger partial charge is 0.409 e. The Kier molecular flexibility index (Phi) is 6.97. The molecule has 2 N–H and O–H groups in total. The fourth-order valence-electron chi connectivity index (χ4n) is 2.53. The van der Waals surface area contributed by atoms with Crippen molar-refractivity contribution in [3.05, 3.63) is 18.0 Å². The Hall–Kier alpha value is -2.38. The van der Waals surface area contributed by atoms with E-state index >= 15 is 0 Å². The Labute approximate surface area is 148 Å². The molecule has 1 atom stereocenters. The number of piperidine rings is 1. The Morgan fingerprint density at radius 1 is 1.28 bits per heavy atom. The molecule has 1 aromatic rings. The first kappa shape index (κ1) is 19.0.